The summed E-state index contributed by atoms with van der Waals surface area (Å²) in [4.78, 5) is 13.8. The van der Waals surface area contributed by atoms with E-state index < -0.39 is 6.61 Å². The van der Waals surface area contributed by atoms with Crippen molar-refractivity contribution in [3.05, 3.63) is 52.5 Å². The SMILES string of the molecule is COc1ccc(NC(=O)N(C)Cc2ccccc2Br)cc1OC(F)F. The maximum Gasteiger partial charge on any atom is 0.387 e. The standard InChI is InChI=1S/C17H17BrF2N2O3/c1-22(10-11-5-3-4-6-13(11)18)17(23)21-12-7-8-14(24-2)15(9-12)25-16(19)20/h3-9,16H,10H2,1-2H3,(H,21,23). The molecule has 134 valence electrons. The quantitative estimate of drug-likeness (QED) is 0.743. The topological polar surface area (TPSA) is 50.8 Å². The molecule has 8 heteroatoms. The van der Waals surface area contributed by atoms with Crippen LogP contribution in [0.1, 0.15) is 5.56 Å². The number of nitrogens with one attached hydrogen (secondary N) is 1. The monoisotopic (exact) mass is 414 g/mol. The molecule has 5 nitrogen and oxygen atoms in total. The van der Waals surface area contributed by atoms with Crippen LogP contribution in [0, 0.1) is 0 Å². The van der Waals surface area contributed by atoms with Gasteiger partial charge in [-0.3, -0.25) is 0 Å². The molecule has 1 N–H and O–H groups in total. The Bertz CT molecular complexity index is 744. The van der Waals surface area contributed by atoms with Gasteiger partial charge in [-0.1, -0.05) is 34.1 Å². The fourth-order valence-electron chi connectivity index (χ4n) is 2.12. The first-order valence-electron chi connectivity index (χ1n) is 7.29. The van der Waals surface area contributed by atoms with Crippen molar-refractivity contribution in [2.45, 2.75) is 13.2 Å². The van der Waals surface area contributed by atoms with E-state index in [0.29, 0.717) is 12.2 Å². The van der Waals surface area contributed by atoms with Gasteiger partial charge >= 0.3 is 12.6 Å². The molecular weight excluding hydrogens is 398 g/mol. The molecule has 2 amide bonds. The van der Waals surface area contributed by atoms with Gasteiger partial charge in [-0.05, 0) is 23.8 Å². The fourth-order valence-corrected chi connectivity index (χ4v) is 2.53. The van der Waals surface area contributed by atoms with Crippen LogP contribution in [0.2, 0.25) is 0 Å². The number of amides is 2. The average molecular weight is 415 g/mol. The molecule has 0 spiro atoms. The first kappa shape index (κ1) is 19.0. The van der Waals surface area contributed by atoms with Crippen LogP contribution in [0.15, 0.2) is 46.9 Å². The molecule has 0 radical (unpaired) electrons. The second kappa shape index (κ2) is 8.66. The van der Waals surface area contributed by atoms with Crippen molar-refractivity contribution < 1.29 is 23.0 Å². The minimum Gasteiger partial charge on any atom is -0.493 e. The number of carbonyl (C=O) groups is 1. The van der Waals surface area contributed by atoms with Crippen LogP contribution in [-0.2, 0) is 6.54 Å². The van der Waals surface area contributed by atoms with Gasteiger partial charge in [0, 0.05) is 29.8 Å². The summed E-state index contributed by atoms with van der Waals surface area (Å²) in [5.41, 5.74) is 1.26. The number of ether oxygens (including phenoxy) is 2. The molecule has 0 unspecified atom stereocenters. The Morgan fingerprint density at radius 1 is 1.24 bits per heavy atom. The van der Waals surface area contributed by atoms with Crippen molar-refractivity contribution in [3.8, 4) is 11.5 Å². The van der Waals surface area contributed by atoms with E-state index in [1.165, 1.54) is 24.1 Å². The van der Waals surface area contributed by atoms with Crippen LogP contribution < -0.4 is 14.8 Å². The second-order valence-corrected chi connectivity index (χ2v) is 5.98. The average Bonchev–Trinajstić information content (AvgIpc) is 2.56. The van der Waals surface area contributed by atoms with E-state index in [0.717, 1.165) is 10.0 Å². The smallest absolute Gasteiger partial charge is 0.387 e. The summed E-state index contributed by atoms with van der Waals surface area (Å²) >= 11 is 3.43. The summed E-state index contributed by atoms with van der Waals surface area (Å²) in [5, 5.41) is 2.64. The summed E-state index contributed by atoms with van der Waals surface area (Å²) < 4.78 is 35.2. The fraction of sp³-hybridized carbons (Fsp3) is 0.235. The van der Waals surface area contributed by atoms with E-state index in [2.05, 4.69) is 26.0 Å². The Kier molecular flexibility index (Phi) is 6.58. The predicted molar refractivity (Wildman–Crippen MR) is 94.3 cm³/mol. The number of hydrogen-bond donors (Lipinski definition) is 1. The highest BCUT2D eigenvalue weighted by Crippen LogP contribution is 2.31. The van der Waals surface area contributed by atoms with E-state index in [4.69, 9.17) is 4.74 Å². The summed E-state index contributed by atoms with van der Waals surface area (Å²) in [6, 6.07) is 11.4. The van der Waals surface area contributed by atoms with Crippen molar-refractivity contribution in [1.29, 1.82) is 0 Å². The largest absolute Gasteiger partial charge is 0.493 e. The van der Waals surface area contributed by atoms with E-state index in [1.54, 1.807) is 13.1 Å². The Labute approximate surface area is 152 Å². The minimum atomic E-state index is -2.99. The maximum atomic E-state index is 12.5. The van der Waals surface area contributed by atoms with Crippen LogP contribution in [0.3, 0.4) is 0 Å². The number of rotatable bonds is 6. The van der Waals surface area contributed by atoms with Crippen molar-refractivity contribution in [3.63, 3.8) is 0 Å². The molecule has 2 aromatic carbocycles. The van der Waals surface area contributed by atoms with Crippen LogP contribution in [0.4, 0.5) is 19.3 Å². The van der Waals surface area contributed by atoms with Gasteiger partial charge in [0.05, 0.1) is 7.11 Å². The number of nitrogens with zero attached hydrogens (tertiary/aromatic N) is 1. The summed E-state index contributed by atoms with van der Waals surface area (Å²) in [6.45, 7) is -2.61. The van der Waals surface area contributed by atoms with Crippen LogP contribution in [0.5, 0.6) is 11.5 Å². The summed E-state index contributed by atoms with van der Waals surface area (Å²) in [6.07, 6.45) is 0. The predicted octanol–water partition coefficient (Wildman–Crippen LogP) is 4.72. The number of hydrogen-bond acceptors (Lipinski definition) is 3. The lowest BCUT2D eigenvalue weighted by Crippen LogP contribution is -2.30. The van der Waals surface area contributed by atoms with Gasteiger partial charge in [0.1, 0.15) is 0 Å². The molecule has 0 atom stereocenters. The molecular formula is C17H17BrF2N2O3. The lowest BCUT2D eigenvalue weighted by atomic mass is 10.2. The maximum absolute atomic E-state index is 12.5. The van der Waals surface area contributed by atoms with Crippen LogP contribution >= 0.6 is 15.9 Å². The highest BCUT2D eigenvalue weighted by molar-refractivity contribution is 9.10. The highest BCUT2D eigenvalue weighted by Gasteiger charge is 2.14. The van der Waals surface area contributed by atoms with Crippen molar-refractivity contribution in [2.75, 3.05) is 19.5 Å². The molecule has 0 saturated carbocycles. The Morgan fingerprint density at radius 2 is 1.96 bits per heavy atom. The molecule has 0 aliphatic rings. The third-order valence-electron chi connectivity index (χ3n) is 3.34. The minimum absolute atomic E-state index is 0.149. The number of benzene rings is 2. The molecule has 0 bridgehead atoms. The zero-order valence-electron chi connectivity index (χ0n) is 13.6. The second-order valence-electron chi connectivity index (χ2n) is 5.12. The summed E-state index contributed by atoms with van der Waals surface area (Å²) in [5.74, 6) is 0.00336. The Hall–Kier alpha value is -2.35. The van der Waals surface area contributed by atoms with Crippen molar-refractivity contribution >= 4 is 27.6 Å². The van der Waals surface area contributed by atoms with E-state index in [1.807, 2.05) is 24.3 Å². The number of anilines is 1. The normalized spacial score (nSPS) is 10.5. The van der Waals surface area contributed by atoms with Crippen LogP contribution in [0.25, 0.3) is 0 Å². The number of alkyl halides is 2. The molecule has 0 aliphatic heterocycles. The van der Waals surface area contributed by atoms with Gasteiger partial charge in [0.25, 0.3) is 0 Å². The van der Waals surface area contributed by atoms with E-state index in [9.17, 15) is 13.6 Å². The Morgan fingerprint density at radius 3 is 2.60 bits per heavy atom. The third-order valence-corrected chi connectivity index (χ3v) is 4.12. The van der Waals surface area contributed by atoms with Gasteiger partial charge < -0.3 is 19.7 Å². The van der Waals surface area contributed by atoms with Gasteiger partial charge in [0.15, 0.2) is 11.5 Å². The molecule has 25 heavy (non-hydrogen) atoms. The molecule has 0 aromatic heterocycles. The Balaban J connectivity index is 2.07. The number of halogens is 3. The van der Waals surface area contributed by atoms with E-state index in [-0.39, 0.29) is 17.5 Å². The summed E-state index contributed by atoms with van der Waals surface area (Å²) in [7, 11) is 2.98. The molecule has 2 rings (SSSR count). The molecule has 0 fully saturated rings. The van der Waals surface area contributed by atoms with Gasteiger partial charge in [0.2, 0.25) is 0 Å². The first-order valence-corrected chi connectivity index (χ1v) is 8.08. The highest BCUT2D eigenvalue weighted by atomic mass is 79.9. The van der Waals surface area contributed by atoms with Gasteiger partial charge in [-0.25, -0.2) is 4.79 Å². The number of methoxy groups -OCH3 is 1. The van der Waals surface area contributed by atoms with Gasteiger partial charge in [-0.15, -0.1) is 0 Å². The molecule has 0 aliphatic carbocycles. The number of carbonyl (C=O) groups excluding carboxylic acids is 1. The first-order chi connectivity index (χ1) is 11.9. The van der Waals surface area contributed by atoms with Crippen molar-refractivity contribution in [2.24, 2.45) is 0 Å². The van der Waals surface area contributed by atoms with Crippen LogP contribution in [-0.4, -0.2) is 31.7 Å². The third kappa shape index (κ3) is 5.32. The van der Waals surface area contributed by atoms with Gasteiger partial charge in [-0.2, -0.15) is 8.78 Å². The lowest BCUT2D eigenvalue weighted by molar-refractivity contribution is -0.0511. The zero-order chi connectivity index (χ0) is 18.4. The molecule has 2 aromatic rings. The number of urea groups is 1. The van der Waals surface area contributed by atoms with E-state index >= 15 is 0 Å². The molecule has 0 saturated heterocycles. The zero-order valence-corrected chi connectivity index (χ0v) is 15.2. The lowest BCUT2D eigenvalue weighted by Gasteiger charge is -2.19. The van der Waals surface area contributed by atoms with Crippen molar-refractivity contribution in [1.82, 2.24) is 4.90 Å². The molecule has 0 heterocycles.